The van der Waals surface area contributed by atoms with Gasteiger partial charge in [-0.1, -0.05) is 41.4 Å². The third-order valence-electron chi connectivity index (χ3n) is 4.57. The molecule has 0 fully saturated rings. The van der Waals surface area contributed by atoms with Gasteiger partial charge in [-0.05, 0) is 48.2 Å². The minimum absolute atomic E-state index is 0.0146. The van der Waals surface area contributed by atoms with Crippen LogP contribution in [0.15, 0.2) is 47.6 Å². The van der Waals surface area contributed by atoms with E-state index < -0.39 is 22.9 Å². The lowest BCUT2D eigenvalue weighted by molar-refractivity contribution is -0.485. The molecule has 0 spiro atoms. The number of benzene rings is 2. The number of guanidine groups is 1. The number of nitrogens with one attached hydrogen (secondary N) is 3. The highest BCUT2D eigenvalue weighted by molar-refractivity contribution is 6.42. The van der Waals surface area contributed by atoms with Crippen LogP contribution in [0.5, 0.6) is 5.75 Å². The first-order chi connectivity index (χ1) is 16.1. The molecule has 13 heteroatoms. The van der Waals surface area contributed by atoms with Gasteiger partial charge in [0.1, 0.15) is 16.9 Å². The number of hydrazone groups is 1. The Labute approximate surface area is 205 Å². The van der Waals surface area contributed by atoms with Gasteiger partial charge < -0.3 is 26.8 Å². The van der Waals surface area contributed by atoms with Gasteiger partial charge in [0.05, 0.1) is 16.5 Å². The van der Waals surface area contributed by atoms with E-state index in [0.29, 0.717) is 22.0 Å². The summed E-state index contributed by atoms with van der Waals surface area (Å²) in [4.78, 5) is 35.7. The van der Waals surface area contributed by atoms with E-state index >= 15 is 0 Å². The van der Waals surface area contributed by atoms with Crippen LogP contribution in [0.25, 0.3) is 0 Å². The quantitative estimate of drug-likeness (QED) is 0.101. The van der Waals surface area contributed by atoms with E-state index in [9.17, 15) is 24.8 Å². The molecule has 6 N–H and O–H groups in total. The fourth-order valence-corrected chi connectivity index (χ4v) is 3.24. The van der Waals surface area contributed by atoms with Crippen LogP contribution in [0.4, 0.5) is 0 Å². The van der Waals surface area contributed by atoms with Crippen molar-refractivity contribution in [2.24, 2.45) is 10.8 Å². The molecule has 2 rings (SSSR count). The smallest absolute Gasteiger partial charge is 0.266 e. The number of phenols is 1. The molecule has 0 aliphatic carbocycles. The van der Waals surface area contributed by atoms with Gasteiger partial charge in [0.25, 0.3) is 5.96 Å². The Balaban J connectivity index is 1.98. The molecule has 1 atom stereocenters. The first-order valence-corrected chi connectivity index (χ1v) is 10.9. The Bertz CT molecular complexity index is 1050. The predicted octanol–water partition coefficient (Wildman–Crippen LogP) is 1.92. The molecule has 0 unspecified atom stereocenters. The molecule has 0 aliphatic heterocycles. The van der Waals surface area contributed by atoms with Gasteiger partial charge in [-0.2, -0.15) is 0 Å². The van der Waals surface area contributed by atoms with Crippen molar-refractivity contribution in [2.45, 2.75) is 31.8 Å². The molecule has 34 heavy (non-hydrogen) atoms. The largest absolute Gasteiger partial charge is 0.508 e. The van der Waals surface area contributed by atoms with Crippen molar-refractivity contribution < 1.29 is 19.7 Å². The summed E-state index contributed by atoms with van der Waals surface area (Å²) in [5.74, 6) is -1.06. The van der Waals surface area contributed by atoms with Crippen molar-refractivity contribution in [3.05, 3.63) is 73.8 Å². The van der Waals surface area contributed by atoms with E-state index in [1.165, 1.54) is 12.1 Å². The summed E-state index contributed by atoms with van der Waals surface area (Å²) >= 11 is 11.9. The second kappa shape index (κ2) is 13.2. The molecule has 0 saturated carbocycles. The highest BCUT2D eigenvalue weighted by Crippen LogP contribution is 2.22. The Kier molecular flexibility index (Phi) is 10.4. The van der Waals surface area contributed by atoms with Crippen LogP contribution >= 0.6 is 23.2 Å². The average molecular weight is 511 g/mol. The van der Waals surface area contributed by atoms with Gasteiger partial charge in [0.15, 0.2) is 5.03 Å². The third-order valence-corrected chi connectivity index (χ3v) is 5.31. The van der Waals surface area contributed by atoms with Crippen LogP contribution in [-0.2, 0) is 22.6 Å². The first-order valence-electron chi connectivity index (χ1n) is 10.2. The van der Waals surface area contributed by atoms with E-state index in [1.54, 1.807) is 30.3 Å². The topological polar surface area (TPSA) is 172 Å². The molecule has 182 valence electrons. The summed E-state index contributed by atoms with van der Waals surface area (Å²) in [7, 11) is 0. The summed E-state index contributed by atoms with van der Waals surface area (Å²) in [5, 5.41) is 30.4. The van der Waals surface area contributed by atoms with E-state index in [-0.39, 0.29) is 37.6 Å². The molecular formula is C21H24Cl2N6O5. The van der Waals surface area contributed by atoms with Gasteiger partial charge in [0.2, 0.25) is 11.8 Å². The summed E-state index contributed by atoms with van der Waals surface area (Å²) in [5.41, 5.74) is 6.76. The maximum atomic E-state index is 12.8. The maximum absolute atomic E-state index is 12.8. The van der Waals surface area contributed by atoms with Crippen LogP contribution < -0.4 is 21.7 Å². The Morgan fingerprint density at radius 2 is 1.76 bits per heavy atom. The summed E-state index contributed by atoms with van der Waals surface area (Å²) in [6, 6.07) is 10.3. The second-order valence-electron chi connectivity index (χ2n) is 7.22. The maximum Gasteiger partial charge on any atom is 0.266 e. The Hall–Kier alpha value is -3.57. The number of phenolic OH excluding ortho intramolecular Hbond substituents is 1. The molecule has 2 amide bonds. The van der Waals surface area contributed by atoms with E-state index in [0.717, 1.165) is 5.56 Å². The third kappa shape index (κ3) is 9.51. The SMILES string of the molecule is NC(=N[N+](=O)[O-])NCCC[C@@H](NC(=O)Cc1ccc(Cl)c(Cl)c1)C(=O)NCc1ccc(O)cc1. The normalized spacial score (nSPS) is 12.0. The van der Waals surface area contributed by atoms with Gasteiger partial charge in [-0.25, -0.2) is 10.1 Å². The van der Waals surface area contributed by atoms with E-state index in [1.807, 2.05) is 0 Å². The summed E-state index contributed by atoms with van der Waals surface area (Å²) < 4.78 is 0. The van der Waals surface area contributed by atoms with Gasteiger partial charge in [0, 0.05) is 13.1 Å². The number of nitrogens with two attached hydrogens (primary N) is 1. The van der Waals surface area contributed by atoms with Gasteiger partial charge in [-0.3, -0.25) is 9.59 Å². The monoisotopic (exact) mass is 510 g/mol. The highest BCUT2D eigenvalue weighted by Gasteiger charge is 2.21. The van der Waals surface area contributed by atoms with Gasteiger partial charge >= 0.3 is 0 Å². The van der Waals surface area contributed by atoms with Gasteiger partial charge in [-0.15, -0.1) is 0 Å². The van der Waals surface area contributed by atoms with Crippen molar-refractivity contribution in [1.82, 2.24) is 16.0 Å². The number of carbonyl (C=O) groups is 2. The van der Waals surface area contributed by atoms with Crippen molar-refractivity contribution >= 4 is 41.0 Å². The minimum Gasteiger partial charge on any atom is -0.508 e. The van der Waals surface area contributed by atoms with E-state index in [2.05, 4.69) is 21.1 Å². The number of nitrogens with zero attached hydrogens (tertiary/aromatic N) is 2. The van der Waals surface area contributed by atoms with Crippen molar-refractivity contribution in [3.8, 4) is 5.75 Å². The van der Waals surface area contributed by atoms with E-state index in [4.69, 9.17) is 28.9 Å². The van der Waals surface area contributed by atoms with Crippen LogP contribution in [-0.4, -0.2) is 40.5 Å². The first kappa shape index (κ1) is 26.7. The number of hydrogen-bond acceptors (Lipinski definition) is 5. The summed E-state index contributed by atoms with van der Waals surface area (Å²) in [6.45, 7) is 0.395. The zero-order valence-corrected chi connectivity index (χ0v) is 19.5. The molecule has 0 bridgehead atoms. The molecule has 0 aliphatic rings. The number of amides is 2. The van der Waals surface area contributed by atoms with Crippen LogP contribution in [0.1, 0.15) is 24.0 Å². The fourth-order valence-electron chi connectivity index (χ4n) is 2.92. The number of hydrogen-bond donors (Lipinski definition) is 5. The van der Waals surface area contributed by atoms with Crippen molar-refractivity contribution in [2.75, 3.05) is 6.54 Å². The predicted molar refractivity (Wildman–Crippen MR) is 128 cm³/mol. The molecule has 0 heterocycles. The fraction of sp³-hybridized carbons (Fsp3) is 0.286. The van der Waals surface area contributed by atoms with Crippen LogP contribution in [0.2, 0.25) is 10.0 Å². The Morgan fingerprint density at radius 3 is 2.41 bits per heavy atom. The standard InChI is InChI=1S/C21H24Cl2N6O5/c22-16-8-5-14(10-17(16)23)11-19(31)27-18(2-1-9-25-21(24)28-29(33)34)20(32)26-12-13-3-6-15(30)7-4-13/h3-8,10,18,30H,1-2,9,11-12H2,(H,26,32)(H,27,31)(H3,24,25,28)/t18-/m1/s1. The number of carbonyl (C=O) groups excluding carboxylic acids is 2. The molecule has 2 aromatic carbocycles. The lowest BCUT2D eigenvalue weighted by atomic mass is 10.1. The van der Waals surface area contributed by atoms with Crippen molar-refractivity contribution in [3.63, 3.8) is 0 Å². The molecule has 2 aromatic rings. The number of aromatic hydroxyl groups is 1. The number of nitro groups is 1. The number of halogens is 2. The van der Waals surface area contributed by atoms with Crippen molar-refractivity contribution in [1.29, 1.82) is 0 Å². The zero-order chi connectivity index (χ0) is 25.1. The Morgan fingerprint density at radius 1 is 1.09 bits per heavy atom. The lowest BCUT2D eigenvalue weighted by Crippen LogP contribution is -2.47. The average Bonchev–Trinajstić information content (AvgIpc) is 2.77. The van der Waals surface area contributed by atoms with Crippen LogP contribution in [0.3, 0.4) is 0 Å². The molecule has 0 radical (unpaired) electrons. The highest BCUT2D eigenvalue weighted by atomic mass is 35.5. The molecule has 0 saturated heterocycles. The second-order valence-corrected chi connectivity index (χ2v) is 8.04. The number of rotatable bonds is 11. The minimum atomic E-state index is -0.925. The molecule has 0 aromatic heterocycles. The summed E-state index contributed by atoms with van der Waals surface area (Å²) in [6.07, 6.45) is 0.574. The lowest BCUT2D eigenvalue weighted by Gasteiger charge is -2.19. The molecular weight excluding hydrogens is 487 g/mol. The molecule has 11 nitrogen and oxygen atoms in total. The van der Waals surface area contributed by atoms with Crippen LogP contribution in [0, 0.1) is 10.1 Å². The zero-order valence-electron chi connectivity index (χ0n) is 18.0.